The molecule has 0 aliphatic carbocycles. The van der Waals surface area contributed by atoms with Crippen LogP contribution in [-0.2, 0) is 10.0 Å². The molecule has 1 aromatic rings. The SMILES string of the molecule is Cc1cc(C)cc(S(=O)(=O)NCC[C@@H]2CCCN2)c1. The van der Waals surface area contributed by atoms with Gasteiger partial charge < -0.3 is 5.32 Å². The van der Waals surface area contributed by atoms with E-state index in [2.05, 4.69) is 10.0 Å². The molecule has 1 fully saturated rings. The maximum absolute atomic E-state index is 12.2. The van der Waals surface area contributed by atoms with Gasteiger partial charge in [0.05, 0.1) is 4.90 Å². The molecule has 1 atom stereocenters. The van der Waals surface area contributed by atoms with Gasteiger partial charge in [0.1, 0.15) is 0 Å². The van der Waals surface area contributed by atoms with E-state index < -0.39 is 10.0 Å². The van der Waals surface area contributed by atoms with Gasteiger partial charge in [-0.2, -0.15) is 0 Å². The van der Waals surface area contributed by atoms with Gasteiger partial charge in [0.25, 0.3) is 0 Å². The molecule has 19 heavy (non-hydrogen) atoms. The first-order chi connectivity index (χ1) is 8.97. The van der Waals surface area contributed by atoms with Crippen molar-refractivity contribution in [2.75, 3.05) is 13.1 Å². The van der Waals surface area contributed by atoms with Crippen molar-refractivity contribution < 1.29 is 8.42 Å². The first-order valence-corrected chi connectivity index (χ1v) is 8.27. The zero-order valence-electron chi connectivity index (χ0n) is 11.6. The molecule has 2 N–H and O–H groups in total. The Balaban J connectivity index is 1.97. The fourth-order valence-corrected chi connectivity index (χ4v) is 3.78. The Hall–Kier alpha value is -0.910. The standard InChI is InChI=1S/C14H22N2O2S/c1-11-8-12(2)10-14(9-11)19(17,18)16-7-5-13-4-3-6-15-13/h8-10,13,15-16H,3-7H2,1-2H3/t13-/m0/s1. The number of nitrogens with one attached hydrogen (secondary N) is 2. The van der Waals surface area contributed by atoms with E-state index in [0.717, 1.165) is 30.5 Å². The largest absolute Gasteiger partial charge is 0.314 e. The number of sulfonamides is 1. The summed E-state index contributed by atoms with van der Waals surface area (Å²) < 4.78 is 27.0. The average Bonchev–Trinajstić information content (AvgIpc) is 2.80. The highest BCUT2D eigenvalue weighted by Crippen LogP contribution is 2.14. The number of benzene rings is 1. The summed E-state index contributed by atoms with van der Waals surface area (Å²) in [7, 11) is -3.37. The lowest BCUT2D eigenvalue weighted by Gasteiger charge is -2.12. The molecular formula is C14H22N2O2S. The fraction of sp³-hybridized carbons (Fsp3) is 0.571. The maximum Gasteiger partial charge on any atom is 0.240 e. The Morgan fingerprint density at radius 1 is 1.26 bits per heavy atom. The summed E-state index contributed by atoms with van der Waals surface area (Å²) in [5.74, 6) is 0. The predicted molar refractivity (Wildman–Crippen MR) is 76.7 cm³/mol. The van der Waals surface area contributed by atoms with Crippen LogP contribution in [0.3, 0.4) is 0 Å². The molecular weight excluding hydrogens is 260 g/mol. The van der Waals surface area contributed by atoms with E-state index >= 15 is 0 Å². The molecule has 1 aliphatic heterocycles. The van der Waals surface area contributed by atoms with Gasteiger partial charge in [-0.25, -0.2) is 13.1 Å². The quantitative estimate of drug-likeness (QED) is 0.864. The maximum atomic E-state index is 12.2. The van der Waals surface area contributed by atoms with Crippen molar-refractivity contribution >= 4 is 10.0 Å². The van der Waals surface area contributed by atoms with E-state index in [1.807, 2.05) is 19.9 Å². The Kier molecular flexibility index (Phi) is 4.60. The Morgan fingerprint density at radius 3 is 2.53 bits per heavy atom. The molecule has 106 valence electrons. The number of rotatable bonds is 5. The lowest BCUT2D eigenvalue weighted by atomic mass is 10.2. The Labute approximate surface area is 115 Å². The molecule has 0 radical (unpaired) electrons. The van der Waals surface area contributed by atoms with Crippen LogP contribution in [0.25, 0.3) is 0 Å². The van der Waals surface area contributed by atoms with Crippen molar-refractivity contribution in [3.63, 3.8) is 0 Å². The van der Waals surface area contributed by atoms with Crippen molar-refractivity contribution in [1.29, 1.82) is 0 Å². The van der Waals surface area contributed by atoms with E-state index in [0.29, 0.717) is 17.5 Å². The lowest BCUT2D eigenvalue weighted by molar-refractivity contribution is 0.539. The zero-order valence-corrected chi connectivity index (χ0v) is 12.4. The number of aryl methyl sites for hydroxylation is 2. The zero-order chi connectivity index (χ0) is 13.9. The first-order valence-electron chi connectivity index (χ1n) is 6.79. The summed E-state index contributed by atoms with van der Waals surface area (Å²) in [5, 5.41) is 3.37. The monoisotopic (exact) mass is 282 g/mol. The molecule has 0 aromatic heterocycles. The molecule has 0 bridgehead atoms. The van der Waals surface area contributed by atoms with Gasteiger partial charge in [0.15, 0.2) is 0 Å². The van der Waals surface area contributed by atoms with Crippen LogP contribution in [0.1, 0.15) is 30.4 Å². The Morgan fingerprint density at radius 2 is 1.95 bits per heavy atom. The smallest absolute Gasteiger partial charge is 0.240 e. The minimum absolute atomic E-state index is 0.365. The van der Waals surface area contributed by atoms with E-state index in [1.54, 1.807) is 12.1 Å². The highest BCUT2D eigenvalue weighted by molar-refractivity contribution is 7.89. The van der Waals surface area contributed by atoms with Crippen LogP contribution in [0.4, 0.5) is 0 Å². The molecule has 0 spiro atoms. The molecule has 1 saturated heterocycles. The molecule has 5 heteroatoms. The summed E-state index contributed by atoms with van der Waals surface area (Å²) >= 11 is 0. The van der Waals surface area contributed by atoms with Crippen molar-refractivity contribution in [1.82, 2.24) is 10.0 Å². The molecule has 1 aliphatic rings. The van der Waals surface area contributed by atoms with Gasteiger partial charge in [-0.1, -0.05) is 6.07 Å². The molecule has 0 amide bonds. The van der Waals surface area contributed by atoms with E-state index in [9.17, 15) is 8.42 Å². The molecule has 0 unspecified atom stereocenters. The van der Waals surface area contributed by atoms with Gasteiger partial charge in [0.2, 0.25) is 10.0 Å². The van der Waals surface area contributed by atoms with Crippen LogP contribution in [-0.4, -0.2) is 27.5 Å². The van der Waals surface area contributed by atoms with Gasteiger partial charge in [-0.05, 0) is 62.9 Å². The number of hydrogen-bond acceptors (Lipinski definition) is 3. The van der Waals surface area contributed by atoms with E-state index in [1.165, 1.54) is 6.42 Å². The second-order valence-corrected chi connectivity index (χ2v) is 7.07. The van der Waals surface area contributed by atoms with Gasteiger partial charge in [0, 0.05) is 12.6 Å². The van der Waals surface area contributed by atoms with Crippen LogP contribution in [0.15, 0.2) is 23.1 Å². The second kappa shape index (κ2) is 6.03. The second-order valence-electron chi connectivity index (χ2n) is 5.30. The van der Waals surface area contributed by atoms with Crippen LogP contribution in [0.5, 0.6) is 0 Å². The van der Waals surface area contributed by atoms with Crippen LogP contribution >= 0.6 is 0 Å². The van der Waals surface area contributed by atoms with Crippen molar-refractivity contribution in [3.05, 3.63) is 29.3 Å². The van der Waals surface area contributed by atoms with E-state index in [-0.39, 0.29) is 0 Å². The van der Waals surface area contributed by atoms with Crippen molar-refractivity contribution in [2.24, 2.45) is 0 Å². The number of hydrogen-bond donors (Lipinski definition) is 2. The van der Waals surface area contributed by atoms with Gasteiger partial charge >= 0.3 is 0 Å². The van der Waals surface area contributed by atoms with Crippen molar-refractivity contribution in [3.8, 4) is 0 Å². The first kappa shape index (κ1) is 14.5. The summed E-state index contributed by atoms with van der Waals surface area (Å²) in [6, 6.07) is 5.86. The third-order valence-corrected chi connectivity index (χ3v) is 4.89. The van der Waals surface area contributed by atoms with Crippen molar-refractivity contribution in [2.45, 2.75) is 44.0 Å². The predicted octanol–water partition coefficient (Wildman–Crippen LogP) is 1.72. The van der Waals surface area contributed by atoms with Gasteiger partial charge in [-0.3, -0.25) is 0 Å². The van der Waals surface area contributed by atoms with Crippen LogP contribution in [0.2, 0.25) is 0 Å². The molecule has 4 nitrogen and oxygen atoms in total. The van der Waals surface area contributed by atoms with E-state index in [4.69, 9.17) is 0 Å². The summed E-state index contributed by atoms with van der Waals surface area (Å²) in [5.41, 5.74) is 1.94. The average molecular weight is 282 g/mol. The lowest BCUT2D eigenvalue weighted by Crippen LogP contribution is -2.30. The third-order valence-electron chi connectivity index (χ3n) is 3.45. The van der Waals surface area contributed by atoms with Gasteiger partial charge in [-0.15, -0.1) is 0 Å². The Bertz CT molecular complexity index is 514. The normalized spacial score (nSPS) is 19.8. The minimum Gasteiger partial charge on any atom is -0.314 e. The minimum atomic E-state index is -3.37. The molecule has 0 saturated carbocycles. The van der Waals surface area contributed by atoms with Crippen LogP contribution in [0, 0.1) is 13.8 Å². The highest BCUT2D eigenvalue weighted by Gasteiger charge is 2.17. The topological polar surface area (TPSA) is 58.2 Å². The third kappa shape index (κ3) is 4.03. The summed E-state index contributed by atoms with van der Waals surface area (Å²) in [4.78, 5) is 0.365. The highest BCUT2D eigenvalue weighted by atomic mass is 32.2. The van der Waals surface area contributed by atoms with Crippen LogP contribution < -0.4 is 10.0 Å². The molecule has 1 heterocycles. The summed E-state index contributed by atoms with van der Waals surface area (Å²) in [6.45, 7) is 5.37. The summed E-state index contributed by atoms with van der Waals surface area (Å²) in [6.07, 6.45) is 3.18. The fourth-order valence-electron chi connectivity index (χ4n) is 2.54. The molecule has 2 rings (SSSR count). The molecule has 1 aromatic carbocycles.